The molecule has 0 fully saturated rings. The van der Waals surface area contributed by atoms with E-state index in [1.807, 2.05) is 37.3 Å². The van der Waals surface area contributed by atoms with Crippen LogP contribution in [0.3, 0.4) is 0 Å². The summed E-state index contributed by atoms with van der Waals surface area (Å²) in [6, 6.07) is 11.3. The molecule has 3 heterocycles. The number of aryl methyl sites for hydroxylation is 1. The highest BCUT2D eigenvalue weighted by Gasteiger charge is 2.09. The van der Waals surface area contributed by atoms with Gasteiger partial charge in [-0.15, -0.1) is 0 Å². The Morgan fingerprint density at radius 1 is 1.05 bits per heavy atom. The van der Waals surface area contributed by atoms with E-state index in [4.69, 9.17) is 0 Å². The molecule has 0 aliphatic rings. The average molecular weight is 291 g/mol. The first kappa shape index (κ1) is 12.7. The third-order valence-corrected chi connectivity index (χ3v) is 3.69. The molecular weight excluding hydrogens is 278 g/mol. The van der Waals surface area contributed by atoms with Crippen molar-refractivity contribution < 1.29 is 0 Å². The van der Waals surface area contributed by atoms with Gasteiger partial charge >= 0.3 is 0 Å². The number of aromatic nitrogens is 5. The third-order valence-electron chi connectivity index (χ3n) is 3.69. The van der Waals surface area contributed by atoms with E-state index in [2.05, 4.69) is 15.1 Å². The second-order valence-corrected chi connectivity index (χ2v) is 5.14. The lowest BCUT2D eigenvalue weighted by Crippen LogP contribution is -2.25. The summed E-state index contributed by atoms with van der Waals surface area (Å²) in [5.74, 6) is 0. The van der Waals surface area contributed by atoms with E-state index in [1.165, 1.54) is 4.68 Å². The fourth-order valence-electron chi connectivity index (χ4n) is 2.51. The average Bonchev–Trinajstić information content (AvgIpc) is 3.00. The highest BCUT2D eigenvalue weighted by atomic mass is 16.1. The largest absolute Gasteiger partial charge is 0.301 e. The topological polar surface area (TPSA) is 65.1 Å². The van der Waals surface area contributed by atoms with Gasteiger partial charge in [0.25, 0.3) is 5.56 Å². The maximum absolute atomic E-state index is 12.4. The van der Waals surface area contributed by atoms with Gasteiger partial charge in [0.2, 0.25) is 0 Å². The molecule has 0 radical (unpaired) electrons. The van der Waals surface area contributed by atoms with Crippen molar-refractivity contribution in [3.63, 3.8) is 0 Å². The van der Waals surface area contributed by atoms with Crippen LogP contribution < -0.4 is 5.56 Å². The molecule has 0 saturated heterocycles. The van der Waals surface area contributed by atoms with E-state index in [-0.39, 0.29) is 5.56 Å². The number of fused-ring (bicyclic) bond motifs is 2. The molecule has 0 amide bonds. The Morgan fingerprint density at radius 2 is 1.82 bits per heavy atom. The van der Waals surface area contributed by atoms with Crippen molar-refractivity contribution in [1.82, 2.24) is 24.1 Å². The van der Waals surface area contributed by atoms with Crippen LogP contribution >= 0.6 is 0 Å². The van der Waals surface area contributed by atoms with Gasteiger partial charge in [-0.25, -0.2) is 14.6 Å². The van der Waals surface area contributed by atoms with Crippen molar-refractivity contribution in [2.45, 2.75) is 13.5 Å². The number of rotatable bonds is 2. The van der Waals surface area contributed by atoms with Gasteiger partial charge in [-0.1, -0.05) is 12.1 Å². The summed E-state index contributed by atoms with van der Waals surface area (Å²) in [4.78, 5) is 21.6. The molecule has 0 unspecified atom stereocenters. The standard InChI is InChI=1S/C16H13N5O/c1-11-14(19-13-6-3-2-5-12(13)18-11)9-21-16(22)15-7-4-8-20(15)10-17-21/h2-8,10H,9H2,1H3. The first-order valence-corrected chi connectivity index (χ1v) is 6.97. The molecule has 4 rings (SSSR count). The summed E-state index contributed by atoms with van der Waals surface area (Å²) in [5, 5.41) is 4.19. The molecule has 4 aromatic rings. The van der Waals surface area contributed by atoms with Crippen LogP contribution in [0.2, 0.25) is 0 Å². The normalized spacial score (nSPS) is 11.3. The number of hydrogen-bond donors (Lipinski definition) is 0. The van der Waals surface area contributed by atoms with E-state index in [9.17, 15) is 4.79 Å². The molecule has 0 spiro atoms. The van der Waals surface area contributed by atoms with Gasteiger partial charge in [-0.2, -0.15) is 5.10 Å². The summed E-state index contributed by atoms with van der Waals surface area (Å²) >= 11 is 0. The molecular formula is C16H13N5O. The predicted octanol–water partition coefficient (Wildman–Crippen LogP) is 1.80. The van der Waals surface area contributed by atoms with Gasteiger partial charge in [-0.05, 0) is 31.2 Å². The van der Waals surface area contributed by atoms with Crippen LogP contribution in [-0.2, 0) is 6.54 Å². The Labute approximate surface area is 125 Å². The van der Waals surface area contributed by atoms with Crippen LogP contribution in [0, 0.1) is 6.92 Å². The van der Waals surface area contributed by atoms with Crippen molar-refractivity contribution in [2.24, 2.45) is 0 Å². The summed E-state index contributed by atoms with van der Waals surface area (Å²) in [6.07, 6.45) is 3.43. The van der Waals surface area contributed by atoms with Crippen LogP contribution in [0.25, 0.3) is 16.6 Å². The Bertz CT molecular complexity index is 1050. The molecule has 0 N–H and O–H groups in total. The zero-order chi connectivity index (χ0) is 15.1. The second-order valence-electron chi connectivity index (χ2n) is 5.14. The number of para-hydroxylation sites is 2. The molecule has 3 aromatic heterocycles. The van der Waals surface area contributed by atoms with Gasteiger partial charge in [0, 0.05) is 6.20 Å². The highest BCUT2D eigenvalue weighted by molar-refractivity contribution is 5.74. The molecule has 22 heavy (non-hydrogen) atoms. The summed E-state index contributed by atoms with van der Waals surface area (Å²) < 4.78 is 3.12. The zero-order valence-corrected chi connectivity index (χ0v) is 12.0. The van der Waals surface area contributed by atoms with Crippen molar-refractivity contribution in [3.05, 3.63) is 70.7 Å². The van der Waals surface area contributed by atoms with Crippen molar-refractivity contribution in [3.8, 4) is 0 Å². The van der Waals surface area contributed by atoms with Crippen LogP contribution in [0.1, 0.15) is 11.4 Å². The van der Waals surface area contributed by atoms with Crippen LogP contribution in [0.5, 0.6) is 0 Å². The monoisotopic (exact) mass is 291 g/mol. The van der Waals surface area contributed by atoms with Crippen LogP contribution in [0.15, 0.2) is 53.7 Å². The van der Waals surface area contributed by atoms with E-state index >= 15 is 0 Å². The predicted molar refractivity (Wildman–Crippen MR) is 82.8 cm³/mol. The van der Waals surface area contributed by atoms with Gasteiger partial charge in [0.1, 0.15) is 11.8 Å². The fourth-order valence-corrected chi connectivity index (χ4v) is 2.51. The first-order chi connectivity index (χ1) is 10.7. The molecule has 6 heteroatoms. The quantitative estimate of drug-likeness (QED) is 0.565. The molecule has 108 valence electrons. The Morgan fingerprint density at radius 3 is 2.64 bits per heavy atom. The van der Waals surface area contributed by atoms with Crippen molar-refractivity contribution >= 4 is 16.6 Å². The van der Waals surface area contributed by atoms with E-state index in [1.54, 1.807) is 23.0 Å². The number of benzene rings is 1. The fraction of sp³-hybridized carbons (Fsp3) is 0.125. The molecule has 1 aromatic carbocycles. The molecule has 0 aliphatic carbocycles. The minimum atomic E-state index is -0.137. The first-order valence-electron chi connectivity index (χ1n) is 6.97. The minimum Gasteiger partial charge on any atom is -0.301 e. The maximum Gasteiger partial charge on any atom is 0.291 e. The Hall–Kier alpha value is -3.02. The van der Waals surface area contributed by atoms with Crippen LogP contribution in [-0.4, -0.2) is 24.1 Å². The summed E-state index contributed by atoms with van der Waals surface area (Å²) in [5.41, 5.74) is 3.70. The Kier molecular flexibility index (Phi) is 2.75. The van der Waals surface area contributed by atoms with Gasteiger partial charge < -0.3 is 4.40 Å². The van der Waals surface area contributed by atoms with E-state index in [0.29, 0.717) is 12.1 Å². The maximum atomic E-state index is 12.4. The molecule has 0 aliphatic heterocycles. The molecule has 0 saturated carbocycles. The Balaban J connectivity index is 1.83. The van der Waals surface area contributed by atoms with Gasteiger partial charge in [0.05, 0.1) is 29.0 Å². The summed E-state index contributed by atoms with van der Waals surface area (Å²) in [6.45, 7) is 2.21. The third kappa shape index (κ3) is 1.96. The molecule has 6 nitrogen and oxygen atoms in total. The van der Waals surface area contributed by atoms with E-state index < -0.39 is 0 Å². The minimum absolute atomic E-state index is 0.137. The lowest BCUT2D eigenvalue weighted by Gasteiger charge is -2.08. The summed E-state index contributed by atoms with van der Waals surface area (Å²) in [7, 11) is 0. The SMILES string of the molecule is Cc1nc2ccccc2nc1Cn1ncn2cccc2c1=O. The van der Waals surface area contributed by atoms with Gasteiger partial charge in [0.15, 0.2) is 0 Å². The zero-order valence-electron chi connectivity index (χ0n) is 12.0. The lowest BCUT2D eigenvalue weighted by atomic mass is 10.2. The van der Waals surface area contributed by atoms with Crippen LogP contribution in [0.4, 0.5) is 0 Å². The smallest absolute Gasteiger partial charge is 0.291 e. The van der Waals surface area contributed by atoms with E-state index in [0.717, 1.165) is 22.4 Å². The van der Waals surface area contributed by atoms with Crippen molar-refractivity contribution in [1.29, 1.82) is 0 Å². The molecule has 0 atom stereocenters. The number of nitrogens with zero attached hydrogens (tertiary/aromatic N) is 5. The highest BCUT2D eigenvalue weighted by Crippen LogP contribution is 2.12. The molecule has 0 bridgehead atoms. The lowest BCUT2D eigenvalue weighted by molar-refractivity contribution is 0.615. The number of hydrogen-bond acceptors (Lipinski definition) is 4. The van der Waals surface area contributed by atoms with Gasteiger partial charge in [-0.3, -0.25) is 4.79 Å². The second kappa shape index (κ2) is 4.77. The van der Waals surface area contributed by atoms with Crippen molar-refractivity contribution in [2.75, 3.05) is 0 Å².